The van der Waals surface area contributed by atoms with E-state index in [1.165, 1.54) is 6.07 Å². The first-order valence-electron chi connectivity index (χ1n) is 6.08. The van der Waals surface area contributed by atoms with Crippen LogP contribution in [-0.4, -0.2) is 21.5 Å². The summed E-state index contributed by atoms with van der Waals surface area (Å²) in [5.41, 5.74) is 11.1. The minimum absolute atomic E-state index is 0.0304. The number of nitrogens with two attached hydrogens (primary N) is 2. The van der Waals surface area contributed by atoms with Gasteiger partial charge in [-0.3, -0.25) is 4.79 Å². The van der Waals surface area contributed by atoms with Crippen molar-refractivity contribution in [1.82, 2.24) is 9.55 Å². The van der Waals surface area contributed by atoms with Gasteiger partial charge in [0.2, 0.25) is 0 Å². The fourth-order valence-electron chi connectivity index (χ4n) is 1.93. The van der Waals surface area contributed by atoms with Crippen LogP contribution in [0, 0.1) is 5.82 Å². The molecule has 1 amide bonds. The number of halogens is 1. The molecule has 1 aromatic heterocycles. The van der Waals surface area contributed by atoms with Gasteiger partial charge in [0, 0.05) is 30.7 Å². The van der Waals surface area contributed by atoms with Crippen LogP contribution < -0.4 is 16.8 Å². The van der Waals surface area contributed by atoms with E-state index in [1.807, 2.05) is 17.7 Å². The van der Waals surface area contributed by atoms with E-state index in [2.05, 4.69) is 10.3 Å². The van der Waals surface area contributed by atoms with Crippen LogP contribution in [0.3, 0.4) is 0 Å². The van der Waals surface area contributed by atoms with Crippen LogP contribution in [0.1, 0.15) is 17.3 Å². The molecule has 0 aliphatic heterocycles. The Labute approximate surface area is 115 Å². The average molecular weight is 277 g/mol. The van der Waals surface area contributed by atoms with Crippen LogP contribution in [0.5, 0.6) is 0 Å². The van der Waals surface area contributed by atoms with Gasteiger partial charge in [0.1, 0.15) is 5.82 Å². The molecule has 1 aromatic carbocycles. The number of nitrogens with zero attached hydrogens (tertiary/aromatic N) is 2. The number of rotatable bonds is 5. The van der Waals surface area contributed by atoms with Gasteiger partial charge in [0.15, 0.2) is 0 Å². The van der Waals surface area contributed by atoms with Crippen LogP contribution in [0.25, 0.3) is 0 Å². The predicted octanol–water partition coefficient (Wildman–Crippen LogP) is 1.20. The summed E-state index contributed by atoms with van der Waals surface area (Å²) in [6.45, 7) is 2.50. The predicted molar refractivity (Wildman–Crippen MR) is 74.6 cm³/mol. The number of anilines is 2. The van der Waals surface area contributed by atoms with Crippen LogP contribution in [0.2, 0.25) is 0 Å². The van der Waals surface area contributed by atoms with Crippen LogP contribution in [0.15, 0.2) is 30.9 Å². The maximum atomic E-state index is 13.8. The second kappa shape index (κ2) is 5.60. The zero-order valence-electron chi connectivity index (χ0n) is 11.0. The molecule has 106 valence electrons. The minimum Gasteiger partial charge on any atom is -0.398 e. The fraction of sp³-hybridized carbons (Fsp3) is 0.231. The molecule has 1 heterocycles. The van der Waals surface area contributed by atoms with E-state index in [4.69, 9.17) is 11.5 Å². The van der Waals surface area contributed by atoms with Crippen molar-refractivity contribution in [3.63, 3.8) is 0 Å². The Morgan fingerprint density at radius 1 is 1.55 bits per heavy atom. The fourth-order valence-corrected chi connectivity index (χ4v) is 1.93. The van der Waals surface area contributed by atoms with Crippen molar-refractivity contribution >= 4 is 17.3 Å². The number of benzene rings is 1. The highest BCUT2D eigenvalue weighted by atomic mass is 19.1. The van der Waals surface area contributed by atoms with Gasteiger partial charge in [0.25, 0.3) is 5.91 Å². The lowest BCUT2D eigenvalue weighted by molar-refractivity contribution is 0.100. The molecule has 2 aromatic rings. The lowest BCUT2D eigenvalue weighted by atomic mass is 10.1. The van der Waals surface area contributed by atoms with Gasteiger partial charge < -0.3 is 21.4 Å². The molecule has 0 aliphatic carbocycles. The molecule has 0 saturated heterocycles. The maximum absolute atomic E-state index is 13.8. The molecule has 20 heavy (non-hydrogen) atoms. The number of aromatic nitrogens is 2. The third-order valence-electron chi connectivity index (χ3n) is 2.85. The Morgan fingerprint density at radius 2 is 2.30 bits per heavy atom. The zero-order valence-corrected chi connectivity index (χ0v) is 11.0. The summed E-state index contributed by atoms with van der Waals surface area (Å²) >= 11 is 0. The van der Waals surface area contributed by atoms with Crippen molar-refractivity contribution in [2.24, 2.45) is 5.73 Å². The van der Waals surface area contributed by atoms with Crippen molar-refractivity contribution < 1.29 is 9.18 Å². The number of carbonyl (C=O) groups excluding carboxylic acids is 1. The Balaban J connectivity index is 2.16. The standard InChI is InChI=1S/C13H16FN5O/c1-8(6-19-3-2-17-7-19)18-12-4-9(13(16)20)11(15)5-10(12)14/h2-5,7-8,18H,6,15H2,1H3,(H2,16,20). The van der Waals surface area contributed by atoms with Gasteiger partial charge >= 0.3 is 0 Å². The summed E-state index contributed by atoms with van der Waals surface area (Å²) < 4.78 is 15.7. The van der Waals surface area contributed by atoms with E-state index in [0.29, 0.717) is 6.54 Å². The molecule has 0 spiro atoms. The Bertz CT molecular complexity index is 611. The highest BCUT2D eigenvalue weighted by Gasteiger charge is 2.13. The third kappa shape index (κ3) is 3.05. The van der Waals surface area contributed by atoms with Crippen molar-refractivity contribution in [1.29, 1.82) is 0 Å². The number of nitrogens with one attached hydrogen (secondary N) is 1. The second-order valence-electron chi connectivity index (χ2n) is 4.59. The van der Waals surface area contributed by atoms with Crippen molar-refractivity contribution in [2.75, 3.05) is 11.1 Å². The molecule has 0 radical (unpaired) electrons. The Morgan fingerprint density at radius 3 is 2.90 bits per heavy atom. The van der Waals surface area contributed by atoms with E-state index < -0.39 is 11.7 Å². The monoisotopic (exact) mass is 277 g/mol. The first-order chi connectivity index (χ1) is 9.47. The smallest absolute Gasteiger partial charge is 0.250 e. The van der Waals surface area contributed by atoms with E-state index in [-0.39, 0.29) is 23.0 Å². The largest absolute Gasteiger partial charge is 0.398 e. The SMILES string of the molecule is CC(Cn1ccnc1)Nc1cc(C(N)=O)c(N)cc1F. The second-order valence-corrected chi connectivity index (χ2v) is 4.59. The Kier molecular flexibility index (Phi) is 3.88. The summed E-state index contributed by atoms with van der Waals surface area (Å²) in [5, 5.41) is 2.98. The molecule has 0 saturated carbocycles. The molecule has 6 nitrogen and oxygen atoms in total. The normalized spacial score (nSPS) is 12.1. The summed E-state index contributed by atoms with van der Waals surface area (Å²) in [7, 11) is 0. The first kappa shape index (κ1) is 13.9. The van der Waals surface area contributed by atoms with Crippen LogP contribution >= 0.6 is 0 Å². The quantitative estimate of drug-likeness (QED) is 0.715. The number of carbonyl (C=O) groups is 1. The summed E-state index contributed by atoms with van der Waals surface area (Å²) in [6, 6.07) is 2.35. The number of hydrogen-bond acceptors (Lipinski definition) is 4. The van der Waals surface area contributed by atoms with Crippen LogP contribution in [-0.2, 0) is 6.54 Å². The first-order valence-corrected chi connectivity index (χ1v) is 6.08. The minimum atomic E-state index is -0.687. The van der Waals surface area contributed by atoms with Crippen LogP contribution in [0.4, 0.5) is 15.8 Å². The molecule has 7 heteroatoms. The number of imidazole rings is 1. The molecule has 1 atom stereocenters. The van der Waals surface area contributed by atoms with E-state index >= 15 is 0 Å². The summed E-state index contributed by atoms with van der Waals surface area (Å²) in [5.74, 6) is -1.21. The van der Waals surface area contributed by atoms with Gasteiger partial charge in [0.05, 0.1) is 17.6 Å². The highest BCUT2D eigenvalue weighted by Crippen LogP contribution is 2.22. The molecule has 0 bridgehead atoms. The van der Waals surface area contributed by atoms with Gasteiger partial charge in [-0.2, -0.15) is 0 Å². The molecular formula is C13H16FN5O. The number of hydrogen-bond donors (Lipinski definition) is 3. The van der Waals surface area contributed by atoms with E-state index in [1.54, 1.807) is 12.5 Å². The van der Waals surface area contributed by atoms with Gasteiger partial charge in [-0.05, 0) is 19.1 Å². The zero-order chi connectivity index (χ0) is 14.7. The molecule has 0 fully saturated rings. The maximum Gasteiger partial charge on any atom is 0.250 e. The van der Waals surface area contributed by atoms with Gasteiger partial charge in [-0.1, -0.05) is 0 Å². The molecular weight excluding hydrogens is 261 g/mol. The molecule has 5 N–H and O–H groups in total. The molecule has 1 unspecified atom stereocenters. The lowest BCUT2D eigenvalue weighted by Gasteiger charge is -2.17. The molecule has 0 aliphatic rings. The number of nitrogen functional groups attached to an aromatic ring is 1. The average Bonchev–Trinajstić information content (AvgIpc) is 2.84. The lowest BCUT2D eigenvalue weighted by Crippen LogP contribution is -2.23. The third-order valence-corrected chi connectivity index (χ3v) is 2.85. The highest BCUT2D eigenvalue weighted by molar-refractivity contribution is 5.99. The van der Waals surface area contributed by atoms with E-state index in [0.717, 1.165) is 6.07 Å². The van der Waals surface area contributed by atoms with Gasteiger partial charge in [-0.25, -0.2) is 9.37 Å². The summed E-state index contributed by atoms with van der Waals surface area (Å²) in [6.07, 6.45) is 5.15. The topological polar surface area (TPSA) is 99.0 Å². The molecule has 2 rings (SSSR count). The van der Waals surface area contributed by atoms with Crippen molar-refractivity contribution in [3.8, 4) is 0 Å². The number of amides is 1. The van der Waals surface area contributed by atoms with Crippen molar-refractivity contribution in [3.05, 3.63) is 42.2 Å². The Hall–Kier alpha value is -2.57. The van der Waals surface area contributed by atoms with Gasteiger partial charge in [-0.15, -0.1) is 0 Å². The van der Waals surface area contributed by atoms with E-state index in [9.17, 15) is 9.18 Å². The summed E-state index contributed by atoms with van der Waals surface area (Å²) in [4.78, 5) is 15.1. The van der Waals surface area contributed by atoms with Crippen molar-refractivity contribution in [2.45, 2.75) is 19.5 Å². The number of primary amides is 1.